The number of rotatable bonds is 5. The van der Waals surface area contributed by atoms with Gasteiger partial charge in [0.15, 0.2) is 0 Å². The predicted octanol–water partition coefficient (Wildman–Crippen LogP) is 2.32. The van der Waals surface area contributed by atoms with E-state index in [2.05, 4.69) is 10.6 Å². The highest BCUT2D eigenvalue weighted by Crippen LogP contribution is 2.27. The third-order valence-corrected chi connectivity index (χ3v) is 5.20. The number of halogens is 1. The maximum Gasteiger partial charge on any atom is 0.410 e. The van der Waals surface area contributed by atoms with Crippen LogP contribution in [-0.2, 0) is 14.3 Å². The van der Waals surface area contributed by atoms with Crippen molar-refractivity contribution in [1.82, 2.24) is 10.2 Å². The number of nitrogens with zero attached hydrogens (tertiary/aromatic N) is 1. The monoisotopic (exact) mass is 379 g/mol. The number of aryl methyl sites for hydroxylation is 1. The highest BCUT2D eigenvalue weighted by atomic mass is 35.5. The predicted molar refractivity (Wildman–Crippen MR) is 97.0 cm³/mol. The molecule has 1 heterocycles. The molecule has 0 spiro atoms. The molecule has 3 amide bonds. The summed E-state index contributed by atoms with van der Waals surface area (Å²) < 4.78 is 4.80. The van der Waals surface area contributed by atoms with Crippen molar-refractivity contribution >= 4 is 35.2 Å². The van der Waals surface area contributed by atoms with Gasteiger partial charge in [-0.15, -0.1) is 0 Å². The van der Waals surface area contributed by atoms with Gasteiger partial charge in [-0.05, 0) is 49.9 Å². The highest BCUT2D eigenvalue weighted by molar-refractivity contribution is 6.31. The minimum absolute atomic E-state index is 0.00372. The molecule has 0 radical (unpaired) electrons. The van der Waals surface area contributed by atoms with Gasteiger partial charge in [0.2, 0.25) is 11.8 Å². The highest BCUT2D eigenvalue weighted by Gasteiger charge is 2.32. The second-order valence-electron chi connectivity index (χ2n) is 6.76. The van der Waals surface area contributed by atoms with Gasteiger partial charge in [0.25, 0.3) is 0 Å². The van der Waals surface area contributed by atoms with Gasteiger partial charge in [-0.25, -0.2) is 4.79 Å². The number of nitrogens with one attached hydrogen (secondary N) is 2. The molecule has 8 heteroatoms. The fourth-order valence-corrected chi connectivity index (χ4v) is 3.45. The Balaban J connectivity index is 1.46. The van der Waals surface area contributed by atoms with Crippen molar-refractivity contribution in [1.29, 1.82) is 0 Å². The van der Waals surface area contributed by atoms with Crippen LogP contribution in [0.4, 0.5) is 10.5 Å². The fourth-order valence-electron chi connectivity index (χ4n) is 3.33. The lowest BCUT2D eigenvalue weighted by atomic mass is 10.1. The third kappa shape index (κ3) is 4.46. The fraction of sp³-hybridized carbons (Fsp3) is 0.500. The van der Waals surface area contributed by atoms with Crippen LogP contribution >= 0.6 is 11.6 Å². The zero-order chi connectivity index (χ0) is 18.7. The van der Waals surface area contributed by atoms with E-state index >= 15 is 0 Å². The van der Waals surface area contributed by atoms with E-state index < -0.39 is 6.09 Å². The van der Waals surface area contributed by atoms with E-state index in [9.17, 15) is 14.4 Å². The first-order valence-corrected chi connectivity index (χ1v) is 9.08. The SMILES string of the molecule is Cc1cc(NC(=O)[C@@H]2CC[C@H](NC(=O)CN3CCOC3=O)C2)ccc1Cl. The largest absolute Gasteiger partial charge is 0.448 e. The van der Waals surface area contributed by atoms with E-state index in [1.54, 1.807) is 12.1 Å². The molecule has 0 unspecified atom stereocenters. The number of hydrogen-bond acceptors (Lipinski definition) is 4. The first kappa shape index (κ1) is 18.5. The zero-order valence-electron chi connectivity index (χ0n) is 14.6. The second kappa shape index (κ2) is 7.95. The van der Waals surface area contributed by atoms with Gasteiger partial charge in [-0.1, -0.05) is 11.6 Å². The smallest absolute Gasteiger partial charge is 0.410 e. The Kier molecular flexibility index (Phi) is 5.66. The van der Waals surface area contributed by atoms with Gasteiger partial charge in [-0.2, -0.15) is 0 Å². The number of ether oxygens (including phenoxy) is 1. The van der Waals surface area contributed by atoms with Crippen LogP contribution in [0.1, 0.15) is 24.8 Å². The van der Waals surface area contributed by atoms with Gasteiger partial charge in [0, 0.05) is 22.7 Å². The standard InChI is InChI=1S/C18H22ClN3O4/c1-11-8-13(4-5-15(11)19)21-17(24)12-2-3-14(9-12)20-16(23)10-22-6-7-26-18(22)25/h4-5,8,12,14H,2-3,6-7,9-10H2,1H3,(H,20,23)(H,21,24)/t12-,14+/m1/s1. The maximum atomic E-state index is 12.4. The molecular weight excluding hydrogens is 358 g/mol. The molecule has 3 rings (SSSR count). The summed E-state index contributed by atoms with van der Waals surface area (Å²) >= 11 is 6.00. The molecule has 140 valence electrons. The third-order valence-electron chi connectivity index (χ3n) is 4.77. The van der Waals surface area contributed by atoms with E-state index in [0.717, 1.165) is 24.1 Å². The van der Waals surface area contributed by atoms with Crippen molar-refractivity contribution in [2.24, 2.45) is 5.92 Å². The minimum Gasteiger partial charge on any atom is -0.448 e. The van der Waals surface area contributed by atoms with Gasteiger partial charge in [-0.3, -0.25) is 14.5 Å². The van der Waals surface area contributed by atoms with Gasteiger partial charge in [0.1, 0.15) is 13.2 Å². The average Bonchev–Trinajstić information content (AvgIpc) is 3.21. The van der Waals surface area contributed by atoms with Crippen LogP contribution < -0.4 is 10.6 Å². The van der Waals surface area contributed by atoms with Crippen LogP contribution in [0, 0.1) is 12.8 Å². The van der Waals surface area contributed by atoms with Crippen LogP contribution in [-0.4, -0.2) is 48.5 Å². The molecule has 2 atom stereocenters. The zero-order valence-corrected chi connectivity index (χ0v) is 15.3. The molecule has 0 aromatic heterocycles. The lowest BCUT2D eigenvalue weighted by Crippen LogP contribution is -2.41. The van der Waals surface area contributed by atoms with Crippen molar-refractivity contribution in [2.45, 2.75) is 32.2 Å². The van der Waals surface area contributed by atoms with E-state index in [1.807, 2.05) is 13.0 Å². The quantitative estimate of drug-likeness (QED) is 0.821. The molecule has 1 saturated heterocycles. The molecule has 1 saturated carbocycles. The molecule has 2 aliphatic rings. The Hall–Kier alpha value is -2.28. The molecule has 1 aromatic carbocycles. The Morgan fingerprint density at radius 3 is 2.85 bits per heavy atom. The summed E-state index contributed by atoms with van der Waals surface area (Å²) in [6.45, 7) is 2.63. The molecule has 26 heavy (non-hydrogen) atoms. The van der Waals surface area contributed by atoms with Gasteiger partial charge < -0.3 is 15.4 Å². The molecule has 1 aromatic rings. The topological polar surface area (TPSA) is 87.7 Å². The van der Waals surface area contributed by atoms with Crippen LogP contribution in [0.5, 0.6) is 0 Å². The molecule has 1 aliphatic heterocycles. The molecule has 2 fully saturated rings. The van der Waals surface area contributed by atoms with E-state index in [4.69, 9.17) is 16.3 Å². The molecule has 0 bridgehead atoms. The lowest BCUT2D eigenvalue weighted by molar-refractivity contribution is -0.123. The molecule has 1 aliphatic carbocycles. The van der Waals surface area contributed by atoms with Crippen LogP contribution in [0.15, 0.2) is 18.2 Å². The Bertz CT molecular complexity index is 724. The number of anilines is 1. The number of benzene rings is 1. The molecule has 7 nitrogen and oxygen atoms in total. The van der Waals surface area contributed by atoms with Crippen LogP contribution in [0.3, 0.4) is 0 Å². The van der Waals surface area contributed by atoms with E-state index in [1.165, 1.54) is 4.90 Å². The number of cyclic esters (lactones) is 1. The van der Waals surface area contributed by atoms with E-state index in [0.29, 0.717) is 24.6 Å². The summed E-state index contributed by atoms with van der Waals surface area (Å²) in [6, 6.07) is 5.32. The van der Waals surface area contributed by atoms with Crippen LogP contribution in [0.2, 0.25) is 5.02 Å². The second-order valence-corrected chi connectivity index (χ2v) is 7.17. The summed E-state index contributed by atoms with van der Waals surface area (Å²) in [4.78, 5) is 37.2. The first-order valence-electron chi connectivity index (χ1n) is 8.70. The Labute approximate surface area is 157 Å². The molecule has 2 N–H and O–H groups in total. The number of hydrogen-bond donors (Lipinski definition) is 2. The maximum absolute atomic E-state index is 12.4. The number of carbonyl (C=O) groups is 3. The van der Waals surface area contributed by atoms with Crippen molar-refractivity contribution in [3.8, 4) is 0 Å². The summed E-state index contributed by atoms with van der Waals surface area (Å²) in [7, 11) is 0. The summed E-state index contributed by atoms with van der Waals surface area (Å²) in [5.74, 6) is -0.414. The molecular formula is C18H22ClN3O4. The Morgan fingerprint density at radius 1 is 1.35 bits per heavy atom. The minimum atomic E-state index is -0.456. The summed E-state index contributed by atoms with van der Waals surface area (Å²) in [5.41, 5.74) is 1.62. The number of carbonyl (C=O) groups excluding carboxylic acids is 3. The van der Waals surface area contributed by atoms with Crippen molar-refractivity contribution < 1.29 is 19.1 Å². The van der Waals surface area contributed by atoms with Crippen LogP contribution in [0.25, 0.3) is 0 Å². The van der Waals surface area contributed by atoms with Crippen molar-refractivity contribution in [2.75, 3.05) is 25.0 Å². The lowest BCUT2D eigenvalue weighted by Gasteiger charge is -2.16. The summed E-state index contributed by atoms with van der Waals surface area (Å²) in [5, 5.41) is 6.48. The Morgan fingerprint density at radius 2 is 2.15 bits per heavy atom. The van der Waals surface area contributed by atoms with Gasteiger partial charge in [0.05, 0.1) is 6.54 Å². The average molecular weight is 380 g/mol. The van der Waals surface area contributed by atoms with E-state index in [-0.39, 0.29) is 30.3 Å². The van der Waals surface area contributed by atoms with Crippen molar-refractivity contribution in [3.05, 3.63) is 28.8 Å². The summed E-state index contributed by atoms with van der Waals surface area (Å²) in [6.07, 6.45) is 1.60. The first-order chi connectivity index (χ1) is 12.4. The number of amides is 3. The van der Waals surface area contributed by atoms with Crippen molar-refractivity contribution in [3.63, 3.8) is 0 Å². The van der Waals surface area contributed by atoms with Gasteiger partial charge >= 0.3 is 6.09 Å². The normalized spacial score (nSPS) is 22.2.